The second-order valence-electron chi connectivity index (χ2n) is 8.72. The van der Waals surface area contributed by atoms with Gasteiger partial charge in [0.1, 0.15) is 0 Å². The van der Waals surface area contributed by atoms with Crippen molar-refractivity contribution in [2.24, 2.45) is 5.41 Å². The number of rotatable bonds is 4. The molecule has 7 heteroatoms. The maximum absolute atomic E-state index is 14.4. The highest BCUT2D eigenvalue weighted by molar-refractivity contribution is 5.55. The van der Waals surface area contributed by atoms with Crippen LogP contribution in [0.5, 0.6) is 0 Å². The van der Waals surface area contributed by atoms with Gasteiger partial charge in [-0.1, -0.05) is 13.8 Å². The Morgan fingerprint density at radius 2 is 1.52 bits per heavy atom. The third kappa shape index (κ3) is 3.34. The maximum Gasteiger partial charge on any atom is 0.197 e. The first kappa shape index (κ1) is 18.1. The standard InChI is InChI=1S/C22H21F2N5/c1-22(2)11-29(12-22)18-7-13(6-17(23)19(18)24)15-8-16(15)14-9-27-21(28-10-14)20-25-4-3-5-26-20/h3-7,9-10,15-16H,8,11-12H2,1-2H3/t15-,16-/m0/s1. The van der Waals surface area contributed by atoms with Crippen molar-refractivity contribution in [1.29, 1.82) is 0 Å². The Morgan fingerprint density at radius 1 is 0.897 bits per heavy atom. The van der Waals surface area contributed by atoms with Crippen LogP contribution < -0.4 is 4.90 Å². The van der Waals surface area contributed by atoms with E-state index in [9.17, 15) is 8.78 Å². The van der Waals surface area contributed by atoms with Crippen LogP contribution in [0.15, 0.2) is 43.0 Å². The highest BCUT2D eigenvalue weighted by Gasteiger charge is 2.42. The summed E-state index contributed by atoms with van der Waals surface area (Å²) in [7, 11) is 0. The molecule has 1 saturated carbocycles. The van der Waals surface area contributed by atoms with Crippen LogP contribution >= 0.6 is 0 Å². The number of anilines is 1. The summed E-state index contributed by atoms with van der Waals surface area (Å²) in [6.07, 6.45) is 7.73. The Hall–Kier alpha value is -2.96. The minimum atomic E-state index is -0.777. The topological polar surface area (TPSA) is 54.8 Å². The second-order valence-corrected chi connectivity index (χ2v) is 8.72. The molecule has 1 aliphatic heterocycles. The zero-order valence-electron chi connectivity index (χ0n) is 16.3. The van der Waals surface area contributed by atoms with Crippen LogP contribution in [-0.4, -0.2) is 33.0 Å². The van der Waals surface area contributed by atoms with E-state index in [4.69, 9.17) is 0 Å². The fourth-order valence-electron chi connectivity index (χ4n) is 4.19. The van der Waals surface area contributed by atoms with E-state index in [2.05, 4.69) is 33.8 Å². The molecule has 5 nitrogen and oxygen atoms in total. The van der Waals surface area contributed by atoms with Crippen molar-refractivity contribution in [3.05, 3.63) is 65.7 Å². The first-order valence-electron chi connectivity index (χ1n) is 9.74. The molecule has 3 heterocycles. The summed E-state index contributed by atoms with van der Waals surface area (Å²) in [5.41, 5.74) is 2.34. The molecule has 1 aromatic carbocycles. The van der Waals surface area contributed by atoms with Gasteiger partial charge in [0.05, 0.1) is 5.69 Å². The van der Waals surface area contributed by atoms with E-state index in [1.807, 2.05) is 11.0 Å². The highest BCUT2D eigenvalue weighted by Crippen LogP contribution is 2.55. The highest BCUT2D eigenvalue weighted by atomic mass is 19.2. The van der Waals surface area contributed by atoms with Crippen LogP contribution in [0.2, 0.25) is 0 Å². The lowest BCUT2D eigenvalue weighted by atomic mass is 9.84. The fourth-order valence-corrected chi connectivity index (χ4v) is 4.19. The molecule has 1 saturated heterocycles. The number of hydrogen-bond acceptors (Lipinski definition) is 5. The summed E-state index contributed by atoms with van der Waals surface area (Å²) in [5, 5.41) is 0. The summed E-state index contributed by atoms with van der Waals surface area (Å²) < 4.78 is 28.6. The predicted octanol–water partition coefficient (Wildman–Crippen LogP) is 4.33. The molecule has 0 radical (unpaired) electrons. The summed E-state index contributed by atoms with van der Waals surface area (Å²) in [4.78, 5) is 19.0. The van der Waals surface area contributed by atoms with Gasteiger partial charge in [-0.25, -0.2) is 28.7 Å². The van der Waals surface area contributed by atoms with Crippen LogP contribution in [-0.2, 0) is 0 Å². The van der Waals surface area contributed by atoms with E-state index in [-0.39, 0.29) is 17.3 Å². The van der Waals surface area contributed by atoms with Gasteiger partial charge in [-0.2, -0.15) is 0 Å². The predicted molar refractivity (Wildman–Crippen MR) is 106 cm³/mol. The fraction of sp³-hybridized carbons (Fsp3) is 0.364. The van der Waals surface area contributed by atoms with Crippen molar-refractivity contribution in [3.63, 3.8) is 0 Å². The van der Waals surface area contributed by atoms with E-state index < -0.39 is 11.6 Å². The van der Waals surface area contributed by atoms with Crippen LogP contribution in [0.3, 0.4) is 0 Å². The zero-order valence-corrected chi connectivity index (χ0v) is 16.3. The molecule has 3 aromatic rings. The van der Waals surface area contributed by atoms with E-state index in [1.54, 1.807) is 30.9 Å². The van der Waals surface area contributed by atoms with E-state index in [0.717, 1.165) is 30.6 Å². The van der Waals surface area contributed by atoms with Gasteiger partial charge in [0.2, 0.25) is 0 Å². The van der Waals surface area contributed by atoms with Gasteiger partial charge in [0.25, 0.3) is 0 Å². The van der Waals surface area contributed by atoms with Crippen molar-refractivity contribution in [2.75, 3.05) is 18.0 Å². The van der Waals surface area contributed by atoms with Crippen LogP contribution in [0, 0.1) is 17.0 Å². The number of hydrogen-bond donors (Lipinski definition) is 0. The van der Waals surface area contributed by atoms with Gasteiger partial charge in [-0.05, 0) is 53.0 Å². The third-order valence-corrected chi connectivity index (χ3v) is 5.69. The first-order chi connectivity index (χ1) is 13.9. The molecule has 1 aliphatic carbocycles. The van der Waals surface area contributed by atoms with Gasteiger partial charge in [-0.3, -0.25) is 0 Å². The van der Waals surface area contributed by atoms with Crippen molar-refractivity contribution >= 4 is 5.69 Å². The number of nitrogens with zero attached hydrogens (tertiary/aromatic N) is 5. The summed E-state index contributed by atoms with van der Waals surface area (Å²) in [5.74, 6) is -0.208. The van der Waals surface area contributed by atoms with Crippen LogP contribution in [0.25, 0.3) is 11.6 Å². The van der Waals surface area contributed by atoms with Crippen molar-refractivity contribution in [3.8, 4) is 11.6 Å². The average molecular weight is 393 g/mol. The molecule has 2 fully saturated rings. The Labute approximate surface area is 167 Å². The molecule has 148 valence electrons. The molecular formula is C22H21F2N5. The average Bonchev–Trinajstić information content (AvgIpc) is 3.50. The van der Waals surface area contributed by atoms with Crippen LogP contribution in [0.1, 0.15) is 43.2 Å². The SMILES string of the molecule is CC1(C)CN(c2cc([C@@H]3C[C@H]3c3cnc(-c4ncccn4)nc3)cc(F)c2F)C1. The molecule has 0 unspecified atom stereocenters. The minimum Gasteiger partial charge on any atom is -0.368 e. The van der Waals surface area contributed by atoms with Gasteiger partial charge in [0.15, 0.2) is 23.3 Å². The van der Waals surface area contributed by atoms with Gasteiger partial charge >= 0.3 is 0 Å². The molecule has 2 aliphatic rings. The minimum absolute atomic E-state index is 0.141. The Bertz CT molecular complexity index is 1040. The quantitative estimate of drug-likeness (QED) is 0.660. The van der Waals surface area contributed by atoms with E-state index >= 15 is 0 Å². The maximum atomic E-state index is 14.4. The van der Waals surface area contributed by atoms with E-state index in [0.29, 0.717) is 17.3 Å². The van der Waals surface area contributed by atoms with Gasteiger partial charge in [-0.15, -0.1) is 0 Å². The monoisotopic (exact) mass is 393 g/mol. The molecular weight excluding hydrogens is 372 g/mol. The number of aromatic nitrogens is 4. The number of halogens is 2. The largest absolute Gasteiger partial charge is 0.368 e. The van der Waals surface area contributed by atoms with Crippen LogP contribution in [0.4, 0.5) is 14.5 Å². The molecule has 0 N–H and O–H groups in total. The van der Waals surface area contributed by atoms with Crippen molar-refractivity contribution in [1.82, 2.24) is 19.9 Å². The number of benzene rings is 1. The summed E-state index contributed by atoms with van der Waals surface area (Å²) in [6, 6.07) is 4.89. The zero-order chi connectivity index (χ0) is 20.2. The summed E-state index contributed by atoms with van der Waals surface area (Å²) in [6.45, 7) is 5.72. The molecule has 0 bridgehead atoms. The van der Waals surface area contributed by atoms with Crippen molar-refractivity contribution in [2.45, 2.75) is 32.1 Å². The lowest BCUT2D eigenvalue weighted by Gasteiger charge is -2.47. The lowest BCUT2D eigenvalue weighted by Crippen LogP contribution is -2.53. The third-order valence-electron chi connectivity index (χ3n) is 5.69. The molecule has 29 heavy (non-hydrogen) atoms. The second kappa shape index (κ2) is 6.54. The van der Waals surface area contributed by atoms with Crippen molar-refractivity contribution < 1.29 is 8.78 Å². The molecule has 5 rings (SSSR count). The summed E-state index contributed by atoms with van der Waals surface area (Å²) >= 11 is 0. The van der Waals surface area contributed by atoms with Gasteiger partial charge < -0.3 is 4.90 Å². The lowest BCUT2D eigenvalue weighted by molar-refractivity contribution is 0.273. The first-order valence-corrected chi connectivity index (χ1v) is 9.74. The Kier molecular flexibility index (Phi) is 4.08. The molecule has 0 amide bonds. The Balaban J connectivity index is 1.35. The Morgan fingerprint density at radius 3 is 2.17 bits per heavy atom. The molecule has 2 atom stereocenters. The smallest absolute Gasteiger partial charge is 0.197 e. The van der Waals surface area contributed by atoms with Gasteiger partial charge in [0, 0.05) is 37.9 Å². The molecule has 2 aromatic heterocycles. The van der Waals surface area contributed by atoms with E-state index in [1.165, 1.54) is 6.07 Å². The normalized spacial score (nSPS) is 22.3. The molecule has 0 spiro atoms.